The van der Waals surface area contributed by atoms with Crippen molar-refractivity contribution in [3.05, 3.63) is 88.6 Å². The van der Waals surface area contributed by atoms with E-state index in [0.29, 0.717) is 37.0 Å². The van der Waals surface area contributed by atoms with E-state index in [1.165, 1.54) is 18.3 Å². The molecule has 1 aliphatic rings. The van der Waals surface area contributed by atoms with Crippen LogP contribution >= 0.6 is 11.6 Å². The summed E-state index contributed by atoms with van der Waals surface area (Å²) in [7, 11) is 0. The minimum atomic E-state index is -1.05. The molecule has 0 radical (unpaired) electrons. The molecule has 8 heteroatoms. The summed E-state index contributed by atoms with van der Waals surface area (Å²) in [6, 6.07) is 13.8. The molecule has 0 aliphatic carbocycles. The Bertz CT molecular complexity index is 1340. The number of rotatable bonds is 4. The molecule has 2 aromatic carbocycles. The number of ether oxygens (including phenoxy) is 1. The molecule has 0 unspecified atom stereocenters. The largest absolute Gasteiger partial charge is 0.490 e. The van der Waals surface area contributed by atoms with Crippen molar-refractivity contribution < 1.29 is 19.0 Å². The van der Waals surface area contributed by atoms with Gasteiger partial charge in [-0.15, -0.1) is 0 Å². The Morgan fingerprint density at radius 1 is 1.19 bits per heavy atom. The van der Waals surface area contributed by atoms with Gasteiger partial charge in [0.2, 0.25) is 0 Å². The summed E-state index contributed by atoms with van der Waals surface area (Å²) >= 11 is 6.59. The van der Waals surface area contributed by atoms with E-state index in [1.54, 1.807) is 12.1 Å². The first kappa shape index (κ1) is 20.5. The fraction of sp³-hybridized carbons (Fsp3) is 0.167. The van der Waals surface area contributed by atoms with E-state index in [2.05, 4.69) is 9.88 Å². The van der Waals surface area contributed by atoms with Crippen LogP contribution in [0.4, 0.5) is 4.39 Å². The van der Waals surface area contributed by atoms with Gasteiger partial charge in [-0.1, -0.05) is 11.6 Å². The Morgan fingerprint density at radius 2 is 2.06 bits per heavy atom. The fourth-order valence-electron chi connectivity index (χ4n) is 4.07. The molecule has 1 N–H and O–H groups in total. The number of hydrogen-bond donors (Lipinski definition) is 1. The summed E-state index contributed by atoms with van der Waals surface area (Å²) in [6.07, 6.45) is 3.40. The highest BCUT2D eigenvalue weighted by Gasteiger charge is 2.20. The van der Waals surface area contributed by atoms with Crippen LogP contribution < -0.4 is 4.74 Å². The zero-order chi connectivity index (χ0) is 22.2. The Balaban J connectivity index is 1.47. The van der Waals surface area contributed by atoms with Gasteiger partial charge >= 0.3 is 5.97 Å². The van der Waals surface area contributed by atoms with Crippen LogP contribution in [0.2, 0.25) is 5.02 Å². The third-order valence-electron chi connectivity index (χ3n) is 5.53. The van der Waals surface area contributed by atoms with Crippen molar-refractivity contribution in [1.82, 2.24) is 14.5 Å². The monoisotopic (exact) mass is 451 g/mol. The number of hydrogen-bond acceptors (Lipinski definition) is 4. The average molecular weight is 452 g/mol. The van der Waals surface area contributed by atoms with Crippen molar-refractivity contribution in [1.29, 1.82) is 0 Å². The molecule has 3 heterocycles. The van der Waals surface area contributed by atoms with E-state index in [4.69, 9.17) is 16.3 Å². The van der Waals surface area contributed by atoms with Crippen molar-refractivity contribution in [2.75, 3.05) is 13.2 Å². The SMILES string of the molecule is O=C(O)c1cc(CN2CCOc3c(Cl)cc(-n4ccc5cc(F)ccc54)cc3C2)ccn1. The van der Waals surface area contributed by atoms with E-state index in [0.717, 1.165) is 27.7 Å². The van der Waals surface area contributed by atoms with Gasteiger partial charge in [-0.3, -0.25) is 4.90 Å². The highest BCUT2D eigenvalue weighted by Crippen LogP contribution is 2.35. The van der Waals surface area contributed by atoms with Gasteiger partial charge in [-0.2, -0.15) is 0 Å². The average Bonchev–Trinajstić information content (AvgIpc) is 3.07. The van der Waals surface area contributed by atoms with Crippen molar-refractivity contribution in [2.45, 2.75) is 13.1 Å². The molecule has 0 spiro atoms. The van der Waals surface area contributed by atoms with E-state index in [-0.39, 0.29) is 11.5 Å². The minimum absolute atomic E-state index is 0.0234. The molecule has 2 aromatic heterocycles. The lowest BCUT2D eigenvalue weighted by Gasteiger charge is -2.20. The molecule has 0 saturated heterocycles. The molecule has 32 heavy (non-hydrogen) atoms. The number of nitrogens with zero attached hydrogens (tertiary/aromatic N) is 3. The Hall–Kier alpha value is -3.42. The molecule has 0 atom stereocenters. The predicted octanol–water partition coefficient (Wildman–Crippen LogP) is 4.91. The first-order chi connectivity index (χ1) is 15.5. The zero-order valence-electron chi connectivity index (χ0n) is 17.0. The summed E-state index contributed by atoms with van der Waals surface area (Å²) in [5.74, 6) is -0.672. The van der Waals surface area contributed by atoms with Gasteiger partial charge in [0, 0.05) is 48.7 Å². The summed E-state index contributed by atoms with van der Waals surface area (Å²) in [5, 5.41) is 10.5. The molecule has 0 amide bonds. The van der Waals surface area contributed by atoms with Crippen molar-refractivity contribution >= 4 is 28.5 Å². The lowest BCUT2D eigenvalue weighted by atomic mass is 10.1. The van der Waals surface area contributed by atoms with E-state index in [1.807, 2.05) is 35.0 Å². The predicted molar refractivity (Wildman–Crippen MR) is 119 cm³/mol. The van der Waals surface area contributed by atoms with Crippen LogP contribution in [0.1, 0.15) is 21.6 Å². The van der Waals surface area contributed by atoms with Crippen molar-refractivity contribution in [2.24, 2.45) is 0 Å². The molecule has 4 aromatic rings. The van der Waals surface area contributed by atoms with Crippen LogP contribution in [0.5, 0.6) is 5.75 Å². The summed E-state index contributed by atoms with van der Waals surface area (Å²) in [5.41, 5.74) is 3.56. The highest BCUT2D eigenvalue weighted by molar-refractivity contribution is 6.32. The van der Waals surface area contributed by atoms with Crippen LogP contribution in [-0.4, -0.2) is 38.7 Å². The van der Waals surface area contributed by atoms with Gasteiger partial charge in [0.05, 0.1) is 10.5 Å². The van der Waals surface area contributed by atoms with Crippen LogP contribution in [0, 0.1) is 5.82 Å². The van der Waals surface area contributed by atoms with Gasteiger partial charge in [0.1, 0.15) is 23.9 Å². The van der Waals surface area contributed by atoms with Gasteiger partial charge in [-0.25, -0.2) is 14.2 Å². The third kappa shape index (κ3) is 3.92. The minimum Gasteiger partial charge on any atom is -0.490 e. The second-order valence-electron chi connectivity index (χ2n) is 7.72. The zero-order valence-corrected chi connectivity index (χ0v) is 17.7. The number of benzene rings is 2. The third-order valence-corrected chi connectivity index (χ3v) is 5.81. The molecule has 0 bridgehead atoms. The van der Waals surface area contributed by atoms with E-state index < -0.39 is 5.97 Å². The number of fused-ring (bicyclic) bond motifs is 2. The van der Waals surface area contributed by atoms with Gasteiger partial charge in [-0.05, 0) is 54.1 Å². The van der Waals surface area contributed by atoms with Gasteiger partial charge in [0.25, 0.3) is 0 Å². The molecule has 5 rings (SSSR count). The second kappa shape index (κ2) is 8.26. The quantitative estimate of drug-likeness (QED) is 0.477. The number of carboxylic acid groups (broad SMARTS) is 1. The Labute approximate surface area is 188 Å². The number of carboxylic acids is 1. The number of aromatic nitrogens is 2. The lowest BCUT2D eigenvalue weighted by molar-refractivity contribution is 0.0690. The first-order valence-corrected chi connectivity index (χ1v) is 10.5. The number of pyridine rings is 1. The normalized spacial score (nSPS) is 14.1. The first-order valence-electron chi connectivity index (χ1n) is 10.1. The van der Waals surface area contributed by atoms with E-state index >= 15 is 0 Å². The van der Waals surface area contributed by atoms with Crippen LogP contribution in [0.15, 0.2) is 60.9 Å². The fourth-order valence-corrected chi connectivity index (χ4v) is 4.36. The second-order valence-corrected chi connectivity index (χ2v) is 8.13. The highest BCUT2D eigenvalue weighted by atomic mass is 35.5. The van der Waals surface area contributed by atoms with Gasteiger partial charge < -0.3 is 14.4 Å². The smallest absolute Gasteiger partial charge is 0.354 e. The van der Waals surface area contributed by atoms with E-state index in [9.17, 15) is 14.3 Å². The van der Waals surface area contributed by atoms with Gasteiger partial charge in [0.15, 0.2) is 0 Å². The summed E-state index contributed by atoms with van der Waals surface area (Å²) in [6.45, 7) is 2.27. The summed E-state index contributed by atoms with van der Waals surface area (Å²) in [4.78, 5) is 17.3. The molecule has 0 saturated carbocycles. The molecule has 162 valence electrons. The Morgan fingerprint density at radius 3 is 2.91 bits per heavy atom. The maximum absolute atomic E-state index is 13.6. The van der Waals surface area contributed by atoms with Crippen molar-refractivity contribution in [3.8, 4) is 11.4 Å². The topological polar surface area (TPSA) is 67.6 Å². The lowest BCUT2D eigenvalue weighted by Crippen LogP contribution is -2.25. The maximum Gasteiger partial charge on any atom is 0.354 e. The molecular weight excluding hydrogens is 433 g/mol. The maximum atomic E-state index is 13.6. The molecular formula is C24H19ClFN3O3. The number of aromatic carboxylic acids is 1. The van der Waals surface area contributed by atoms with Crippen LogP contribution in [-0.2, 0) is 13.1 Å². The Kier molecular flexibility index (Phi) is 5.28. The summed E-state index contributed by atoms with van der Waals surface area (Å²) < 4.78 is 21.5. The molecule has 6 nitrogen and oxygen atoms in total. The van der Waals surface area contributed by atoms with Crippen LogP contribution in [0.3, 0.4) is 0 Å². The standard InChI is InChI=1S/C24H19ClFN3O3/c25-20-12-19(29-6-4-16-10-18(26)1-2-22(16)29)11-17-14-28(7-8-32-23(17)20)13-15-3-5-27-21(9-15)24(30)31/h1-6,9-12H,7-8,13-14H2,(H,30,31). The number of halogens is 2. The van der Waals surface area contributed by atoms with Crippen molar-refractivity contribution in [3.63, 3.8) is 0 Å². The van der Waals surface area contributed by atoms with Crippen LogP contribution in [0.25, 0.3) is 16.6 Å². The molecule has 1 aliphatic heterocycles. The molecule has 0 fully saturated rings. The number of carbonyl (C=O) groups is 1.